The van der Waals surface area contributed by atoms with Crippen molar-refractivity contribution in [2.45, 2.75) is 39.8 Å². The lowest BCUT2D eigenvalue weighted by Gasteiger charge is -2.28. The number of carboxylic acids is 1. The van der Waals surface area contributed by atoms with Gasteiger partial charge in [0.25, 0.3) is 5.91 Å². The summed E-state index contributed by atoms with van der Waals surface area (Å²) in [6.45, 7) is 4.99. The summed E-state index contributed by atoms with van der Waals surface area (Å²) in [5.41, 5.74) is -0.154. The van der Waals surface area contributed by atoms with Gasteiger partial charge in [0.1, 0.15) is 24.1 Å². The fraction of sp³-hybridized carbons (Fsp3) is 0.280. The highest BCUT2D eigenvalue weighted by Crippen LogP contribution is 2.33. The van der Waals surface area contributed by atoms with E-state index in [1.165, 1.54) is 18.2 Å². The molecule has 0 bridgehead atoms. The quantitative estimate of drug-likeness (QED) is 0.396. The van der Waals surface area contributed by atoms with Crippen molar-refractivity contribution in [2.24, 2.45) is 5.41 Å². The molecule has 6 nitrogen and oxygen atoms in total. The molecule has 1 amide bonds. The number of benzene rings is 3. The van der Waals surface area contributed by atoms with Crippen molar-refractivity contribution in [3.05, 3.63) is 70.7 Å². The van der Waals surface area contributed by atoms with Crippen LogP contribution in [-0.4, -0.2) is 29.4 Å². The van der Waals surface area contributed by atoms with Crippen molar-refractivity contribution in [1.82, 2.24) is 5.32 Å². The number of halogens is 4. The molecule has 0 saturated carbocycles. The molecule has 0 aliphatic carbocycles. The highest BCUT2D eigenvalue weighted by atomic mass is 35.5. The van der Waals surface area contributed by atoms with E-state index in [4.69, 9.17) is 16.3 Å². The first-order valence-electron chi connectivity index (χ1n) is 10.5. The summed E-state index contributed by atoms with van der Waals surface area (Å²) in [5.74, 6) is -2.05. The summed E-state index contributed by atoms with van der Waals surface area (Å²) in [7, 11) is 0. The Balaban J connectivity index is 1.94. The van der Waals surface area contributed by atoms with Crippen LogP contribution in [0.5, 0.6) is 11.5 Å². The van der Waals surface area contributed by atoms with Gasteiger partial charge in [0.05, 0.1) is 5.56 Å². The minimum Gasteiger partial charge on any atom is -0.487 e. The zero-order valence-corrected chi connectivity index (χ0v) is 19.8. The van der Waals surface area contributed by atoms with Gasteiger partial charge in [-0.15, -0.1) is 13.2 Å². The molecule has 0 spiro atoms. The van der Waals surface area contributed by atoms with Gasteiger partial charge in [0, 0.05) is 10.4 Å². The van der Waals surface area contributed by atoms with Crippen molar-refractivity contribution in [2.75, 3.05) is 0 Å². The third-order valence-electron chi connectivity index (χ3n) is 5.11. The Bertz CT molecular complexity index is 1240. The highest BCUT2D eigenvalue weighted by Gasteiger charge is 2.34. The third-order valence-corrected chi connectivity index (χ3v) is 5.34. The molecule has 0 saturated heterocycles. The van der Waals surface area contributed by atoms with E-state index in [2.05, 4.69) is 10.1 Å². The summed E-state index contributed by atoms with van der Waals surface area (Å²) in [5, 5.41) is 13.8. The van der Waals surface area contributed by atoms with Crippen LogP contribution in [0.15, 0.2) is 54.6 Å². The van der Waals surface area contributed by atoms with Crippen LogP contribution in [0.4, 0.5) is 13.2 Å². The molecular weight excluding hydrogens is 487 g/mol. The summed E-state index contributed by atoms with van der Waals surface area (Å²) < 4.78 is 47.0. The lowest BCUT2D eigenvalue weighted by molar-refractivity contribution is -0.274. The second kappa shape index (κ2) is 10.0. The molecule has 1 atom stereocenters. The number of hydrogen-bond acceptors (Lipinski definition) is 4. The van der Waals surface area contributed by atoms with Gasteiger partial charge in [-0.05, 0) is 46.7 Å². The number of carboxylic acid groups (broad SMARTS) is 1. The maximum absolute atomic E-state index is 13.1. The number of rotatable bonds is 7. The summed E-state index contributed by atoms with van der Waals surface area (Å²) in [6.07, 6.45) is -4.80. The first kappa shape index (κ1) is 26.2. The summed E-state index contributed by atoms with van der Waals surface area (Å²) in [6, 6.07) is 12.2. The second-order valence-electron chi connectivity index (χ2n) is 8.90. The Morgan fingerprint density at radius 3 is 2.23 bits per heavy atom. The molecule has 10 heteroatoms. The molecule has 0 radical (unpaired) electrons. The number of fused-ring (bicyclic) bond motifs is 1. The van der Waals surface area contributed by atoms with Crippen LogP contribution in [0.3, 0.4) is 0 Å². The van der Waals surface area contributed by atoms with Crippen LogP contribution < -0.4 is 14.8 Å². The van der Waals surface area contributed by atoms with Crippen molar-refractivity contribution in [3.63, 3.8) is 0 Å². The van der Waals surface area contributed by atoms with E-state index in [1.54, 1.807) is 45.0 Å². The fourth-order valence-corrected chi connectivity index (χ4v) is 3.57. The molecule has 0 aliphatic heterocycles. The van der Waals surface area contributed by atoms with Gasteiger partial charge < -0.3 is 19.9 Å². The normalized spacial score (nSPS) is 12.8. The molecule has 35 heavy (non-hydrogen) atoms. The molecular formula is C25H23ClF3NO5. The Morgan fingerprint density at radius 1 is 1.03 bits per heavy atom. The number of carbonyl (C=O) groups excluding carboxylic acids is 1. The van der Waals surface area contributed by atoms with Crippen molar-refractivity contribution < 1.29 is 37.3 Å². The molecule has 0 aliphatic rings. The Morgan fingerprint density at radius 2 is 1.66 bits per heavy atom. The van der Waals surface area contributed by atoms with E-state index in [0.29, 0.717) is 16.0 Å². The van der Waals surface area contributed by atoms with Gasteiger partial charge in [-0.2, -0.15) is 0 Å². The summed E-state index contributed by atoms with van der Waals surface area (Å²) >= 11 is 6.16. The largest absolute Gasteiger partial charge is 0.573 e. The zero-order valence-electron chi connectivity index (χ0n) is 19.1. The second-order valence-corrected chi connectivity index (χ2v) is 9.34. The van der Waals surface area contributed by atoms with E-state index in [9.17, 15) is 27.9 Å². The number of nitrogens with one attached hydrogen (secondary N) is 1. The van der Waals surface area contributed by atoms with E-state index in [0.717, 1.165) is 17.5 Å². The SMILES string of the molecule is CC(C)(C)[C@@H](NC(=O)c1ccc2ccc(Cl)cc2c1OCc1ccc(OC(F)(F)F)cc1)C(=O)O. The third kappa shape index (κ3) is 6.79. The standard InChI is InChI=1S/C25H23ClF3NO5/c1-24(2,3)21(23(32)33)30-22(31)18-11-7-15-6-8-16(26)12-19(15)20(18)34-13-14-4-9-17(10-5-14)35-25(27,28)29/h4-12,21H,13H2,1-3H3,(H,30,31)(H,32,33)/t21-/m0/s1. The lowest BCUT2D eigenvalue weighted by Crippen LogP contribution is -2.49. The highest BCUT2D eigenvalue weighted by molar-refractivity contribution is 6.31. The van der Waals surface area contributed by atoms with E-state index < -0.39 is 29.7 Å². The smallest absolute Gasteiger partial charge is 0.487 e. The predicted octanol–water partition coefficient (Wildman–Crippen LogP) is 6.20. The van der Waals surface area contributed by atoms with E-state index >= 15 is 0 Å². The summed E-state index contributed by atoms with van der Waals surface area (Å²) in [4.78, 5) is 24.9. The van der Waals surface area contributed by atoms with Crippen molar-refractivity contribution >= 4 is 34.2 Å². The number of alkyl halides is 3. The van der Waals surface area contributed by atoms with Gasteiger partial charge in [0.15, 0.2) is 0 Å². The Hall–Kier alpha value is -3.46. The average Bonchev–Trinajstić information content (AvgIpc) is 2.74. The van der Waals surface area contributed by atoms with Crippen LogP contribution in [0.2, 0.25) is 5.02 Å². The number of ether oxygens (including phenoxy) is 2. The topological polar surface area (TPSA) is 84.9 Å². The van der Waals surface area contributed by atoms with Crippen LogP contribution in [0.25, 0.3) is 10.8 Å². The maximum atomic E-state index is 13.1. The van der Waals surface area contributed by atoms with Crippen LogP contribution >= 0.6 is 11.6 Å². The molecule has 3 aromatic carbocycles. The maximum Gasteiger partial charge on any atom is 0.573 e. The van der Waals surface area contributed by atoms with Crippen LogP contribution in [0.1, 0.15) is 36.7 Å². The van der Waals surface area contributed by atoms with E-state index in [1.807, 2.05) is 0 Å². The van der Waals surface area contributed by atoms with Crippen LogP contribution in [0, 0.1) is 5.41 Å². The molecule has 3 rings (SSSR count). The first-order valence-corrected chi connectivity index (χ1v) is 10.9. The molecule has 0 heterocycles. The van der Waals surface area contributed by atoms with Crippen LogP contribution in [-0.2, 0) is 11.4 Å². The van der Waals surface area contributed by atoms with Crippen molar-refractivity contribution in [3.8, 4) is 11.5 Å². The fourth-order valence-electron chi connectivity index (χ4n) is 3.40. The number of amides is 1. The molecule has 0 fully saturated rings. The first-order chi connectivity index (χ1) is 16.2. The van der Waals surface area contributed by atoms with Gasteiger partial charge in [-0.1, -0.05) is 56.6 Å². The van der Waals surface area contributed by atoms with Gasteiger partial charge in [-0.3, -0.25) is 4.79 Å². The minimum absolute atomic E-state index is 0.0835. The zero-order chi connectivity index (χ0) is 26.0. The number of aliphatic carboxylic acids is 1. The van der Waals surface area contributed by atoms with E-state index in [-0.39, 0.29) is 23.7 Å². The number of carbonyl (C=O) groups is 2. The average molecular weight is 510 g/mol. The Labute approximate surface area is 204 Å². The molecule has 3 aromatic rings. The molecule has 2 N–H and O–H groups in total. The predicted molar refractivity (Wildman–Crippen MR) is 125 cm³/mol. The molecule has 0 unspecified atom stereocenters. The van der Waals surface area contributed by atoms with Crippen molar-refractivity contribution in [1.29, 1.82) is 0 Å². The van der Waals surface area contributed by atoms with Gasteiger partial charge in [-0.25, -0.2) is 4.79 Å². The lowest BCUT2D eigenvalue weighted by atomic mass is 9.86. The van der Waals surface area contributed by atoms with Gasteiger partial charge in [0.2, 0.25) is 0 Å². The monoisotopic (exact) mass is 509 g/mol. The Kier molecular flexibility index (Phi) is 7.50. The number of hydrogen-bond donors (Lipinski definition) is 2. The molecule has 0 aromatic heterocycles. The minimum atomic E-state index is -4.80. The van der Waals surface area contributed by atoms with Gasteiger partial charge >= 0.3 is 12.3 Å². The molecule has 186 valence electrons.